The van der Waals surface area contributed by atoms with Crippen LogP contribution in [0.1, 0.15) is 24.8 Å². The summed E-state index contributed by atoms with van der Waals surface area (Å²) in [5.41, 5.74) is 3.23. The van der Waals surface area contributed by atoms with Crippen molar-refractivity contribution in [1.82, 2.24) is 24.9 Å². The molecule has 1 aromatic heterocycles. The third-order valence-electron chi connectivity index (χ3n) is 7.31. The average Bonchev–Trinajstić information content (AvgIpc) is 2.80. The highest BCUT2D eigenvalue weighted by atomic mass is 16.2. The summed E-state index contributed by atoms with van der Waals surface area (Å²) in [7, 11) is 0. The molecule has 3 heterocycles. The number of benzene rings is 1. The summed E-state index contributed by atoms with van der Waals surface area (Å²) in [6.07, 6.45) is 4.06. The van der Waals surface area contributed by atoms with Gasteiger partial charge in [0.1, 0.15) is 0 Å². The van der Waals surface area contributed by atoms with E-state index >= 15 is 0 Å². The second-order valence-electron chi connectivity index (χ2n) is 9.41. The lowest BCUT2D eigenvalue weighted by Crippen LogP contribution is -2.56. The van der Waals surface area contributed by atoms with Gasteiger partial charge in [-0.15, -0.1) is 10.2 Å². The fourth-order valence-corrected chi connectivity index (χ4v) is 4.89. The van der Waals surface area contributed by atoms with Crippen LogP contribution in [0, 0.1) is 6.92 Å². The van der Waals surface area contributed by atoms with Crippen molar-refractivity contribution in [3.05, 3.63) is 42.0 Å². The van der Waals surface area contributed by atoms with Crippen LogP contribution in [0.5, 0.6) is 0 Å². The number of anilines is 1. The Bertz CT molecular complexity index is 895. The van der Waals surface area contributed by atoms with Gasteiger partial charge in [-0.25, -0.2) is 0 Å². The third kappa shape index (κ3) is 4.79. The smallest absolute Gasteiger partial charge is 0.236 e. The Morgan fingerprint density at radius 1 is 0.875 bits per heavy atom. The SMILES string of the molecule is Cc1ccc(-c2ccc(N3CCN(CC(=O)N4CCN(C5CCC5)CC4)CC3)nn2)cc1. The van der Waals surface area contributed by atoms with E-state index in [0.717, 1.165) is 75.5 Å². The molecule has 7 heteroatoms. The minimum absolute atomic E-state index is 0.286. The molecule has 170 valence electrons. The maximum Gasteiger partial charge on any atom is 0.236 e. The van der Waals surface area contributed by atoms with Gasteiger partial charge in [-0.1, -0.05) is 36.2 Å². The molecule has 0 bridgehead atoms. The van der Waals surface area contributed by atoms with E-state index in [1.807, 2.05) is 6.07 Å². The van der Waals surface area contributed by atoms with E-state index in [2.05, 4.69) is 67.1 Å². The van der Waals surface area contributed by atoms with Gasteiger partial charge >= 0.3 is 0 Å². The predicted octanol–water partition coefficient (Wildman–Crippen LogP) is 2.27. The Labute approximate surface area is 191 Å². The van der Waals surface area contributed by atoms with Crippen molar-refractivity contribution in [2.75, 3.05) is 63.8 Å². The summed E-state index contributed by atoms with van der Waals surface area (Å²) in [4.78, 5) is 22.0. The van der Waals surface area contributed by atoms with Crippen LogP contribution in [0.2, 0.25) is 0 Å². The van der Waals surface area contributed by atoms with Crippen LogP contribution < -0.4 is 4.90 Å². The van der Waals surface area contributed by atoms with Crippen LogP contribution in [-0.4, -0.2) is 95.7 Å². The van der Waals surface area contributed by atoms with Crippen LogP contribution in [-0.2, 0) is 4.79 Å². The molecule has 0 N–H and O–H groups in total. The highest BCUT2D eigenvalue weighted by Crippen LogP contribution is 2.25. The summed E-state index contributed by atoms with van der Waals surface area (Å²) >= 11 is 0. The Balaban J connectivity index is 1.08. The minimum Gasteiger partial charge on any atom is -0.353 e. The number of carbonyl (C=O) groups excluding carboxylic acids is 1. The standard InChI is InChI=1S/C25H34N6O/c1-20-5-7-21(8-6-20)23-9-10-24(27-26-23)30-13-11-28(12-14-30)19-25(32)31-17-15-29(16-18-31)22-3-2-4-22/h5-10,22H,2-4,11-19H2,1H3. The van der Waals surface area contributed by atoms with Gasteiger partial charge in [0, 0.05) is 64.0 Å². The molecule has 1 aromatic carbocycles. The monoisotopic (exact) mass is 434 g/mol. The summed E-state index contributed by atoms with van der Waals surface area (Å²) in [5, 5.41) is 8.91. The molecule has 3 aliphatic rings. The average molecular weight is 435 g/mol. The topological polar surface area (TPSA) is 55.8 Å². The lowest BCUT2D eigenvalue weighted by molar-refractivity contribution is -0.134. The molecule has 0 spiro atoms. The van der Waals surface area contributed by atoms with Crippen LogP contribution in [0.3, 0.4) is 0 Å². The van der Waals surface area contributed by atoms with Gasteiger partial charge in [0.2, 0.25) is 5.91 Å². The van der Waals surface area contributed by atoms with Crippen molar-refractivity contribution in [2.45, 2.75) is 32.2 Å². The number of amides is 1. The molecule has 7 nitrogen and oxygen atoms in total. The molecule has 0 radical (unpaired) electrons. The van der Waals surface area contributed by atoms with Crippen LogP contribution in [0.15, 0.2) is 36.4 Å². The van der Waals surface area contributed by atoms with E-state index in [1.54, 1.807) is 0 Å². The van der Waals surface area contributed by atoms with Gasteiger partial charge < -0.3 is 9.80 Å². The molecule has 0 unspecified atom stereocenters. The van der Waals surface area contributed by atoms with Crippen LogP contribution in [0.4, 0.5) is 5.82 Å². The quantitative estimate of drug-likeness (QED) is 0.720. The molecular weight excluding hydrogens is 400 g/mol. The minimum atomic E-state index is 0.286. The number of hydrogen-bond donors (Lipinski definition) is 0. The molecule has 1 aliphatic carbocycles. The third-order valence-corrected chi connectivity index (χ3v) is 7.31. The molecule has 5 rings (SSSR count). The van der Waals surface area contributed by atoms with Crippen molar-refractivity contribution in [1.29, 1.82) is 0 Å². The number of rotatable bonds is 5. The van der Waals surface area contributed by atoms with Crippen molar-refractivity contribution in [3.8, 4) is 11.3 Å². The first-order chi connectivity index (χ1) is 15.7. The first-order valence-electron chi connectivity index (χ1n) is 12.1. The second-order valence-corrected chi connectivity index (χ2v) is 9.41. The zero-order chi connectivity index (χ0) is 21.9. The van der Waals surface area contributed by atoms with Crippen molar-refractivity contribution in [2.24, 2.45) is 0 Å². The maximum atomic E-state index is 12.8. The summed E-state index contributed by atoms with van der Waals surface area (Å²) in [6, 6.07) is 13.3. The maximum absolute atomic E-state index is 12.8. The van der Waals surface area contributed by atoms with Gasteiger partial charge in [0.15, 0.2) is 5.82 Å². The van der Waals surface area contributed by atoms with Gasteiger partial charge in [-0.3, -0.25) is 14.6 Å². The molecular formula is C25H34N6O. The van der Waals surface area contributed by atoms with Gasteiger partial charge in [-0.05, 0) is 31.9 Å². The largest absolute Gasteiger partial charge is 0.353 e. The highest BCUT2D eigenvalue weighted by molar-refractivity contribution is 5.78. The highest BCUT2D eigenvalue weighted by Gasteiger charge is 2.30. The van der Waals surface area contributed by atoms with Crippen LogP contribution in [0.25, 0.3) is 11.3 Å². The molecule has 2 saturated heterocycles. The number of piperazine rings is 2. The Hall–Kier alpha value is -2.51. The molecule has 2 aromatic rings. The molecule has 3 fully saturated rings. The van der Waals surface area contributed by atoms with Gasteiger partial charge in [-0.2, -0.15) is 0 Å². The van der Waals surface area contributed by atoms with Crippen molar-refractivity contribution >= 4 is 11.7 Å². The van der Waals surface area contributed by atoms with E-state index in [1.165, 1.54) is 24.8 Å². The van der Waals surface area contributed by atoms with Crippen molar-refractivity contribution < 1.29 is 4.79 Å². The van der Waals surface area contributed by atoms with Gasteiger partial charge in [0.25, 0.3) is 0 Å². The Kier molecular flexibility index (Phi) is 6.37. The first kappa shape index (κ1) is 21.3. The number of carbonyl (C=O) groups is 1. The normalized spacial score (nSPS) is 20.9. The molecule has 1 saturated carbocycles. The molecule has 2 aliphatic heterocycles. The van der Waals surface area contributed by atoms with Crippen LogP contribution >= 0.6 is 0 Å². The lowest BCUT2D eigenvalue weighted by atomic mass is 9.91. The van der Waals surface area contributed by atoms with E-state index in [9.17, 15) is 4.79 Å². The Morgan fingerprint density at radius 2 is 1.59 bits per heavy atom. The molecule has 1 amide bonds. The zero-order valence-corrected chi connectivity index (χ0v) is 19.1. The fourth-order valence-electron chi connectivity index (χ4n) is 4.89. The predicted molar refractivity (Wildman–Crippen MR) is 127 cm³/mol. The Morgan fingerprint density at radius 3 is 2.19 bits per heavy atom. The number of hydrogen-bond acceptors (Lipinski definition) is 6. The summed E-state index contributed by atoms with van der Waals surface area (Å²) < 4.78 is 0. The number of nitrogens with zero attached hydrogens (tertiary/aromatic N) is 6. The lowest BCUT2D eigenvalue weighted by Gasteiger charge is -2.43. The van der Waals surface area contributed by atoms with Crippen molar-refractivity contribution in [3.63, 3.8) is 0 Å². The zero-order valence-electron chi connectivity index (χ0n) is 19.1. The number of aryl methyl sites for hydroxylation is 1. The second kappa shape index (κ2) is 9.55. The molecule has 32 heavy (non-hydrogen) atoms. The van der Waals surface area contributed by atoms with E-state index < -0.39 is 0 Å². The van der Waals surface area contributed by atoms with Gasteiger partial charge in [0.05, 0.1) is 12.2 Å². The first-order valence-corrected chi connectivity index (χ1v) is 12.1. The molecule has 0 atom stereocenters. The fraction of sp³-hybridized carbons (Fsp3) is 0.560. The summed E-state index contributed by atoms with van der Waals surface area (Å²) in [6.45, 7) is 10.0. The van der Waals surface area contributed by atoms with E-state index in [4.69, 9.17) is 0 Å². The van der Waals surface area contributed by atoms with E-state index in [-0.39, 0.29) is 5.91 Å². The van der Waals surface area contributed by atoms with E-state index in [0.29, 0.717) is 6.54 Å². The number of aromatic nitrogens is 2. The summed E-state index contributed by atoms with van der Waals surface area (Å²) in [5.74, 6) is 1.20.